The number of carbonyl (C=O) groups excluding carboxylic acids is 1. The Kier molecular flexibility index (Phi) is 7.60. The SMILES string of the molecule is O=C(/C=C/c1cnc(N[C@@H]2CCN(Cc3ccccc3)C2)nc1)NOC1CCCCO1. The lowest BCUT2D eigenvalue weighted by Crippen LogP contribution is -2.32. The van der Waals surface area contributed by atoms with Gasteiger partial charge < -0.3 is 10.1 Å². The van der Waals surface area contributed by atoms with Crippen LogP contribution in [0.15, 0.2) is 48.8 Å². The summed E-state index contributed by atoms with van der Waals surface area (Å²) < 4.78 is 5.40. The summed E-state index contributed by atoms with van der Waals surface area (Å²) in [6.07, 6.45) is 10.0. The van der Waals surface area contributed by atoms with Gasteiger partial charge in [0.1, 0.15) is 0 Å². The summed E-state index contributed by atoms with van der Waals surface area (Å²) in [4.78, 5) is 28.3. The average Bonchev–Trinajstić information content (AvgIpc) is 3.25. The van der Waals surface area contributed by atoms with Gasteiger partial charge in [0, 0.05) is 62.7 Å². The highest BCUT2D eigenvalue weighted by Gasteiger charge is 2.22. The fourth-order valence-electron chi connectivity index (χ4n) is 3.75. The van der Waals surface area contributed by atoms with E-state index in [4.69, 9.17) is 9.57 Å². The van der Waals surface area contributed by atoms with Gasteiger partial charge in [0.05, 0.1) is 0 Å². The number of likely N-dealkylation sites (tertiary alicyclic amines) is 1. The lowest BCUT2D eigenvalue weighted by Gasteiger charge is -2.21. The van der Waals surface area contributed by atoms with Crippen molar-refractivity contribution in [1.82, 2.24) is 20.3 Å². The number of benzene rings is 1. The molecule has 2 fully saturated rings. The minimum absolute atomic E-state index is 0.329. The second-order valence-corrected chi connectivity index (χ2v) is 7.90. The van der Waals surface area contributed by atoms with Crippen LogP contribution < -0.4 is 10.8 Å². The third kappa shape index (κ3) is 6.85. The molecule has 2 N–H and O–H groups in total. The highest BCUT2D eigenvalue weighted by molar-refractivity contribution is 5.90. The van der Waals surface area contributed by atoms with E-state index in [0.29, 0.717) is 18.6 Å². The molecule has 8 nitrogen and oxygen atoms in total. The van der Waals surface area contributed by atoms with E-state index in [2.05, 4.69) is 49.9 Å². The fourth-order valence-corrected chi connectivity index (χ4v) is 3.75. The maximum atomic E-state index is 11.9. The van der Waals surface area contributed by atoms with E-state index < -0.39 is 0 Å². The van der Waals surface area contributed by atoms with Gasteiger partial charge in [-0.3, -0.25) is 9.69 Å². The summed E-state index contributed by atoms with van der Waals surface area (Å²) >= 11 is 0. The van der Waals surface area contributed by atoms with E-state index in [9.17, 15) is 4.79 Å². The molecule has 31 heavy (non-hydrogen) atoms. The predicted octanol–water partition coefficient (Wildman–Crippen LogP) is 2.75. The molecule has 1 aromatic heterocycles. The molecule has 1 aromatic carbocycles. The number of hydrogen-bond donors (Lipinski definition) is 2. The molecule has 0 bridgehead atoms. The maximum Gasteiger partial charge on any atom is 0.267 e. The van der Waals surface area contributed by atoms with Crippen LogP contribution in [0.1, 0.15) is 36.8 Å². The molecule has 3 heterocycles. The highest BCUT2D eigenvalue weighted by atomic mass is 16.8. The smallest absolute Gasteiger partial charge is 0.267 e. The lowest BCUT2D eigenvalue weighted by molar-refractivity contribution is -0.198. The monoisotopic (exact) mass is 423 g/mol. The summed E-state index contributed by atoms with van der Waals surface area (Å²) in [6, 6.07) is 10.8. The normalized spacial score (nSPS) is 21.9. The summed E-state index contributed by atoms with van der Waals surface area (Å²) in [5, 5.41) is 3.40. The van der Waals surface area contributed by atoms with E-state index in [1.807, 2.05) is 6.07 Å². The summed E-state index contributed by atoms with van der Waals surface area (Å²) in [5.41, 5.74) is 4.47. The van der Waals surface area contributed by atoms with Crippen molar-refractivity contribution in [2.24, 2.45) is 0 Å². The number of rotatable bonds is 8. The molecule has 8 heteroatoms. The van der Waals surface area contributed by atoms with Crippen LogP contribution in [0.3, 0.4) is 0 Å². The van der Waals surface area contributed by atoms with E-state index in [1.54, 1.807) is 18.5 Å². The van der Waals surface area contributed by atoms with Crippen molar-refractivity contribution in [2.45, 2.75) is 44.6 Å². The number of aromatic nitrogens is 2. The molecule has 2 aliphatic rings. The molecule has 1 unspecified atom stereocenters. The Morgan fingerprint density at radius 1 is 1.19 bits per heavy atom. The highest BCUT2D eigenvalue weighted by Crippen LogP contribution is 2.16. The Labute approximate surface area is 182 Å². The van der Waals surface area contributed by atoms with Gasteiger partial charge in [0.2, 0.25) is 5.95 Å². The minimum atomic E-state index is -0.362. The first-order valence-corrected chi connectivity index (χ1v) is 10.8. The number of hydroxylamine groups is 1. The molecule has 2 saturated heterocycles. The van der Waals surface area contributed by atoms with Crippen molar-refractivity contribution < 1.29 is 14.4 Å². The Balaban J connectivity index is 1.19. The van der Waals surface area contributed by atoms with E-state index >= 15 is 0 Å². The zero-order valence-corrected chi connectivity index (χ0v) is 17.6. The van der Waals surface area contributed by atoms with Gasteiger partial charge >= 0.3 is 0 Å². The van der Waals surface area contributed by atoms with E-state index in [1.165, 1.54) is 11.6 Å². The molecule has 2 aliphatic heterocycles. The standard InChI is InChI=1S/C23H29N5O3/c29-21(27-31-22-8-4-5-13-30-22)10-9-19-14-24-23(25-15-19)26-20-11-12-28(17-20)16-18-6-2-1-3-7-18/h1-3,6-7,9-10,14-15,20,22H,4-5,8,11-13,16-17H2,(H,27,29)(H,24,25,26)/b10-9+/t20-,22?/m1/s1. The number of nitrogens with one attached hydrogen (secondary N) is 2. The fraction of sp³-hybridized carbons (Fsp3) is 0.435. The number of carbonyl (C=O) groups is 1. The van der Waals surface area contributed by atoms with E-state index in [0.717, 1.165) is 50.9 Å². The van der Waals surface area contributed by atoms with Crippen LogP contribution in [0.25, 0.3) is 6.08 Å². The van der Waals surface area contributed by atoms with Crippen molar-refractivity contribution in [3.63, 3.8) is 0 Å². The number of anilines is 1. The predicted molar refractivity (Wildman–Crippen MR) is 118 cm³/mol. The quantitative estimate of drug-likeness (QED) is 0.499. The van der Waals surface area contributed by atoms with Crippen LogP contribution in [0, 0.1) is 0 Å². The number of amides is 1. The van der Waals surface area contributed by atoms with E-state index in [-0.39, 0.29) is 12.2 Å². The zero-order chi connectivity index (χ0) is 21.3. The van der Waals surface area contributed by atoms with Gasteiger partial charge in [-0.05, 0) is 30.9 Å². The van der Waals surface area contributed by atoms with Crippen molar-refractivity contribution in [1.29, 1.82) is 0 Å². The Morgan fingerprint density at radius 2 is 2.03 bits per heavy atom. The third-order valence-electron chi connectivity index (χ3n) is 5.38. The van der Waals surface area contributed by atoms with Crippen LogP contribution in [0.4, 0.5) is 5.95 Å². The largest absolute Gasteiger partial charge is 0.350 e. The van der Waals surface area contributed by atoms with Crippen LogP contribution >= 0.6 is 0 Å². The number of nitrogens with zero attached hydrogens (tertiary/aromatic N) is 3. The average molecular weight is 424 g/mol. The van der Waals surface area contributed by atoms with Crippen LogP contribution in [0.2, 0.25) is 0 Å². The molecule has 0 saturated carbocycles. The summed E-state index contributed by atoms with van der Waals surface area (Å²) in [5.74, 6) is 0.256. The van der Waals surface area contributed by atoms with Crippen molar-refractivity contribution in [2.75, 3.05) is 25.0 Å². The number of ether oxygens (including phenoxy) is 1. The van der Waals surface area contributed by atoms with Crippen LogP contribution in [-0.4, -0.2) is 52.8 Å². The van der Waals surface area contributed by atoms with Gasteiger partial charge in [-0.2, -0.15) is 0 Å². The molecule has 0 radical (unpaired) electrons. The minimum Gasteiger partial charge on any atom is -0.350 e. The number of hydrogen-bond acceptors (Lipinski definition) is 7. The van der Waals surface area contributed by atoms with Gasteiger partial charge in [0.25, 0.3) is 5.91 Å². The molecular formula is C23H29N5O3. The molecule has 4 rings (SSSR count). The van der Waals surface area contributed by atoms with Gasteiger partial charge in [0.15, 0.2) is 6.29 Å². The van der Waals surface area contributed by atoms with Crippen molar-refractivity contribution in [3.8, 4) is 0 Å². The maximum absolute atomic E-state index is 11.9. The van der Waals surface area contributed by atoms with Gasteiger partial charge in [-0.1, -0.05) is 30.3 Å². The van der Waals surface area contributed by atoms with Crippen molar-refractivity contribution in [3.05, 3.63) is 59.9 Å². The first kappa shape index (κ1) is 21.4. The van der Waals surface area contributed by atoms with Gasteiger partial charge in [-0.25, -0.2) is 20.3 Å². The molecule has 164 valence electrons. The Morgan fingerprint density at radius 3 is 2.81 bits per heavy atom. The molecule has 0 spiro atoms. The van der Waals surface area contributed by atoms with Crippen molar-refractivity contribution >= 4 is 17.9 Å². The second kappa shape index (κ2) is 11.0. The van der Waals surface area contributed by atoms with Crippen LogP contribution in [0.5, 0.6) is 0 Å². The Bertz CT molecular complexity index is 853. The first-order valence-electron chi connectivity index (χ1n) is 10.8. The molecule has 2 atom stereocenters. The first-order chi connectivity index (χ1) is 15.2. The lowest BCUT2D eigenvalue weighted by atomic mass is 10.2. The summed E-state index contributed by atoms with van der Waals surface area (Å²) in [7, 11) is 0. The zero-order valence-electron chi connectivity index (χ0n) is 17.6. The Hall–Kier alpha value is -2.81. The second-order valence-electron chi connectivity index (χ2n) is 7.90. The molecule has 2 aromatic rings. The molecule has 0 aliphatic carbocycles. The topological polar surface area (TPSA) is 88.6 Å². The van der Waals surface area contributed by atoms with Gasteiger partial charge in [-0.15, -0.1) is 0 Å². The van der Waals surface area contributed by atoms with Crippen LogP contribution in [-0.2, 0) is 20.9 Å². The third-order valence-corrected chi connectivity index (χ3v) is 5.38. The molecule has 1 amide bonds. The summed E-state index contributed by atoms with van der Waals surface area (Å²) in [6.45, 7) is 3.64. The molecular weight excluding hydrogens is 394 g/mol.